The van der Waals surface area contributed by atoms with Crippen molar-refractivity contribution in [1.29, 1.82) is 5.26 Å². The summed E-state index contributed by atoms with van der Waals surface area (Å²) in [6.07, 6.45) is 3.07. The van der Waals surface area contributed by atoms with Crippen LogP contribution in [0.3, 0.4) is 0 Å². The van der Waals surface area contributed by atoms with Crippen LogP contribution in [0.2, 0.25) is 5.15 Å². The highest BCUT2D eigenvalue weighted by molar-refractivity contribution is 6.33. The second-order valence-corrected chi connectivity index (χ2v) is 6.08. The lowest BCUT2D eigenvalue weighted by Crippen LogP contribution is -2.36. The van der Waals surface area contributed by atoms with Crippen LogP contribution in [-0.2, 0) is 6.42 Å². The summed E-state index contributed by atoms with van der Waals surface area (Å²) in [6.45, 7) is 4.51. The normalized spacial score (nSPS) is 13.8. The minimum Gasteiger partial charge on any atom is -0.306 e. The Kier molecular flexibility index (Phi) is 4.05. The first-order chi connectivity index (χ1) is 11.0. The summed E-state index contributed by atoms with van der Waals surface area (Å²) in [4.78, 5) is 18.8. The average Bonchev–Trinajstić information content (AvgIpc) is 2.94. The molecule has 0 atom stereocenters. The SMILES string of the molecule is CC(C)n1ncc(C(=O)N2CCCc3nc(C#N)ccc32)c1Cl. The molecule has 0 aliphatic carbocycles. The number of aromatic nitrogens is 3. The molecule has 1 amide bonds. The second kappa shape index (κ2) is 6.01. The summed E-state index contributed by atoms with van der Waals surface area (Å²) in [7, 11) is 0. The number of hydrogen-bond acceptors (Lipinski definition) is 4. The van der Waals surface area contributed by atoms with E-state index in [-0.39, 0.29) is 11.9 Å². The highest BCUT2D eigenvalue weighted by Gasteiger charge is 2.28. The summed E-state index contributed by atoms with van der Waals surface area (Å²) in [5.41, 5.74) is 2.27. The molecule has 1 aliphatic heterocycles. The number of aryl methyl sites for hydroxylation is 1. The van der Waals surface area contributed by atoms with E-state index in [0.717, 1.165) is 24.2 Å². The third-order valence-electron chi connectivity index (χ3n) is 3.85. The Morgan fingerprint density at radius 2 is 2.22 bits per heavy atom. The van der Waals surface area contributed by atoms with Crippen molar-refractivity contribution >= 4 is 23.2 Å². The Morgan fingerprint density at radius 3 is 2.87 bits per heavy atom. The van der Waals surface area contributed by atoms with Crippen LogP contribution < -0.4 is 4.90 Å². The first-order valence-corrected chi connectivity index (χ1v) is 7.85. The molecule has 6 nitrogen and oxygen atoms in total. The zero-order valence-corrected chi connectivity index (χ0v) is 13.7. The predicted molar refractivity (Wildman–Crippen MR) is 86.6 cm³/mol. The van der Waals surface area contributed by atoms with Gasteiger partial charge in [0.25, 0.3) is 5.91 Å². The Bertz CT molecular complexity index is 805. The Balaban J connectivity index is 1.98. The number of carbonyl (C=O) groups is 1. The quantitative estimate of drug-likeness (QED) is 0.848. The van der Waals surface area contributed by atoms with Gasteiger partial charge in [-0.25, -0.2) is 4.98 Å². The molecule has 0 N–H and O–H groups in total. The maximum absolute atomic E-state index is 12.9. The third kappa shape index (κ3) is 2.68. The number of amides is 1. The average molecular weight is 330 g/mol. The molecule has 0 spiro atoms. The van der Waals surface area contributed by atoms with Crippen LogP contribution in [-0.4, -0.2) is 27.2 Å². The molecule has 3 rings (SSSR count). The molecule has 0 saturated heterocycles. The van der Waals surface area contributed by atoms with Gasteiger partial charge in [0.1, 0.15) is 16.9 Å². The second-order valence-electron chi connectivity index (χ2n) is 5.72. The molecule has 0 saturated carbocycles. The van der Waals surface area contributed by atoms with Gasteiger partial charge in [0.05, 0.1) is 23.1 Å². The van der Waals surface area contributed by atoms with Gasteiger partial charge in [-0.3, -0.25) is 9.48 Å². The van der Waals surface area contributed by atoms with Crippen molar-refractivity contribution in [3.05, 3.63) is 40.4 Å². The summed E-state index contributed by atoms with van der Waals surface area (Å²) >= 11 is 6.30. The minimum atomic E-state index is -0.186. The van der Waals surface area contributed by atoms with E-state index in [9.17, 15) is 4.79 Å². The lowest BCUT2D eigenvalue weighted by atomic mass is 10.1. The molecule has 2 aromatic heterocycles. The zero-order chi connectivity index (χ0) is 16.6. The van der Waals surface area contributed by atoms with Crippen LogP contribution in [0, 0.1) is 11.3 Å². The maximum atomic E-state index is 12.9. The number of fused-ring (bicyclic) bond motifs is 1. The summed E-state index contributed by atoms with van der Waals surface area (Å²) in [5, 5.41) is 13.5. The molecule has 0 bridgehead atoms. The molecular formula is C16H16ClN5O. The van der Waals surface area contributed by atoms with Crippen molar-refractivity contribution in [2.45, 2.75) is 32.7 Å². The van der Waals surface area contributed by atoms with Gasteiger partial charge in [0.2, 0.25) is 0 Å². The van der Waals surface area contributed by atoms with Crippen LogP contribution >= 0.6 is 11.6 Å². The van der Waals surface area contributed by atoms with Crippen molar-refractivity contribution in [3.8, 4) is 6.07 Å². The van der Waals surface area contributed by atoms with E-state index in [0.29, 0.717) is 23.0 Å². The van der Waals surface area contributed by atoms with Crippen LogP contribution in [0.15, 0.2) is 18.3 Å². The molecule has 118 valence electrons. The first-order valence-electron chi connectivity index (χ1n) is 7.47. The Morgan fingerprint density at radius 1 is 1.43 bits per heavy atom. The summed E-state index contributed by atoms with van der Waals surface area (Å²) in [5.74, 6) is -0.186. The van der Waals surface area contributed by atoms with Gasteiger partial charge in [-0.05, 0) is 38.8 Å². The Hall–Kier alpha value is -2.39. The van der Waals surface area contributed by atoms with Crippen LogP contribution in [0.4, 0.5) is 5.69 Å². The standard InChI is InChI=1S/C16H16ClN5O/c1-10(2)22-15(17)12(9-19-22)16(23)21-7-3-4-13-14(21)6-5-11(8-18)20-13/h5-6,9-10H,3-4,7H2,1-2H3. The largest absolute Gasteiger partial charge is 0.306 e. The van der Waals surface area contributed by atoms with Gasteiger partial charge in [-0.2, -0.15) is 10.4 Å². The molecule has 2 aromatic rings. The van der Waals surface area contributed by atoms with Gasteiger partial charge < -0.3 is 4.90 Å². The molecule has 7 heteroatoms. The minimum absolute atomic E-state index is 0.0811. The fraction of sp³-hybridized carbons (Fsp3) is 0.375. The molecule has 23 heavy (non-hydrogen) atoms. The third-order valence-corrected chi connectivity index (χ3v) is 4.23. The molecule has 1 aliphatic rings. The number of rotatable bonds is 2. The molecule has 0 radical (unpaired) electrons. The monoisotopic (exact) mass is 329 g/mol. The smallest absolute Gasteiger partial charge is 0.263 e. The van der Waals surface area contributed by atoms with E-state index in [1.54, 1.807) is 21.7 Å². The molecule has 3 heterocycles. The van der Waals surface area contributed by atoms with Crippen molar-refractivity contribution in [1.82, 2.24) is 14.8 Å². The molecular weight excluding hydrogens is 314 g/mol. The van der Waals surface area contributed by atoms with Crippen molar-refractivity contribution in [3.63, 3.8) is 0 Å². The maximum Gasteiger partial charge on any atom is 0.263 e. The van der Waals surface area contributed by atoms with Crippen LogP contribution in [0.25, 0.3) is 0 Å². The predicted octanol–water partition coefficient (Wildman–Crippen LogP) is 2.98. The van der Waals surface area contributed by atoms with Crippen LogP contribution in [0.1, 0.15) is 48.1 Å². The number of anilines is 1. The van der Waals surface area contributed by atoms with Gasteiger partial charge in [-0.1, -0.05) is 11.6 Å². The zero-order valence-electron chi connectivity index (χ0n) is 13.0. The number of carbonyl (C=O) groups excluding carboxylic acids is 1. The number of halogens is 1. The highest BCUT2D eigenvalue weighted by Crippen LogP contribution is 2.29. The topological polar surface area (TPSA) is 74.8 Å². The van der Waals surface area contributed by atoms with E-state index in [1.807, 2.05) is 19.9 Å². The van der Waals surface area contributed by atoms with E-state index < -0.39 is 0 Å². The van der Waals surface area contributed by atoms with E-state index >= 15 is 0 Å². The summed E-state index contributed by atoms with van der Waals surface area (Å²) in [6, 6.07) is 5.51. The van der Waals surface area contributed by atoms with Gasteiger partial charge in [0, 0.05) is 12.6 Å². The van der Waals surface area contributed by atoms with Crippen molar-refractivity contribution in [2.24, 2.45) is 0 Å². The first kappa shape index (κ1) is 15.5. The van der Waals surface area contributed by atoms with Gasteiger partial charge >= 0.3 is 0 Å². The Labute approximate surface area is 139 Å². The lowest BCUT2D eigenvalue weighted by molar-refractivity contribution is 0.0985. The fourth-order valence-corrected chi connectivity index (χ4v) is 3.09. The van der Waals surface area contributed by atoms with Crippen molar-refractivity contribution < 1.29 is 4.79 Å². The number of pyridine rings is 1. The van der Waals surface area contributed by atoms with Crippen LogP contribution in [0.5, 0.6) is 0 Å². The summed E-state index contributed by atoms with van der Waals surface area (Å²) < 4.78 is 1.62. The lowest BCUT2D eigenvalue weighted by Gasteiger charge is -2.28. The van der Waals surface area contributed by atoms with Gasteiger partial charge in [-0.15, -0.1) is 0 Å². The molecule has 0 fully saturated rings. The fourth-order valence-electron chi connectivity index (χ4n) is 2.72. The van der Waals surface area contributed by atoms with E-state index in [4.69, 9.17) is 16.9 Å². The number of hydrogen-bond donors (Lipinski definition) is 0. The van der Waals surface area contributed by atoms with E-state index in [2.05, 4.69) is 10.1 Å². The van der Waals surface area contributed by atoms with E-state index in [1.165, 1.54) is 6.20 Å². The van der Waals surface area contributed by atoms with Gasteiger partial charge in [0.15, 0.2) is 0 Å². The number of nitrogens with zero attached hydrogens (tertiary/aromatic N) is 5. The molecule has 0 aromatic carbocycles. The van der Waals surface area contributed by atoms with Crippen molar-refractivity contribution in [2.75, 3.05) is 11.4 Å². The number of nitriles is 1. The molecule has 0 unspecified atom stereocenters. The highest BCUT2D eigenvalue weighted by atomic mass is 35.5.